The molecule has 0 aliphatic carbocycles. The van der Waals surface area contributed by atoms with E-state index in [0.29, 0.717) is 34.5 Å². The van der Waals surface area contributed by atoms with Crippen LogP contribution < -0.4 is 5.32 Å². The highest BCUT2D eigenvalue weighted by atomic mass is 35.5. The lowest BCUT2D eigenvalue weighted by atomic mass is 9.98. The van der Waals surface area contributed by atoms with E-state index in [1.54, 1.807) is 36.4 Å². The number of nitrogens with one attached hydrogen (secondary N) is 1. The van der Waals surface area contributed by atoms with Crippen LogP contribution in [0.1, 0.15) is 24.7 Å². The molecule has 29 heavy (non-hydrogen) atoms. The number of likely N-dealkylation sites (tertiary alicyclic amines) is 1. The van der Waals surface area contributed by atoms with Crippen molar-refractivity contribution in [2.45, 2.75) is 18.8 Å². The summed E-state index contributed by atoms with van der Waals surface area (Å²) in [7, 11) is 0. The molecule has 1 aliphatic rings. The van der Waals surface area contributed by atoms with Crippen molar-refractivity contribution in [1.82, 2.24) is 15.0 Å². The van der Waals surface area contributed by atoms with Crippen molar-refractivity contribution in [3.8, 4) is 11.4 Å². The number of anilines is 1. The number of carbonyl (C=O) groups is 1. The number of piperidine rings is 1. The summed E-state index contributed by atoms with van der Waals surface area (Å²) in [6.07, 6.45) is 1.83. The molecule has 2 aromatic carbocycles. The summed E-state index contributed by atoms with van der Waals surface area (Å²) in [6.45, 7) is 1.76. The highest BCUT2D eigenvalue weighted by Crippen LogP contribution is 2.27. The fraction of sp³-hybridized carbons (Fsp3) is 0.286. The van der Waals surface area contributed by atoms with Crippen molar-refractivity contribution in [3.63, 3.8) is 0 Å². The molecule has 150 valence electrons. The maximum absolute atomic E-state index is 13.4. The van der Waals surface area contributed by atoms with Crippen LogP contribution >= 0.6 is 11.6 Å². The van der Waals surface area contributed by atoms with Gasteiger partial charge in [-0.1, -0.05) is 28.9 Å². The van der Waals surface area contributed by atoms with Crippen LogP contribution in [0.5, 0.6) is 0 Å². The smallest absolute Gasteiger partial charge is 0.238 e. The summed E-state index contributed by atoms with van der Waals surface area (Å²) in [6, 6.07) is 13.1. The molecule has 1 fully saturated rings. The molecule has 0 bridgehead atoms. The van der Waals surface area contributed by atoms with Gasteiger partial charge in [-0.2, -0.15) is 4.98 Å². The lowest BCUT2D eigenvalue weighted by Gasteiger charge is -2.30. The number of hydrogen-bond acceptors (Lipinski definition) is 5. The first-order valence-electron chi connectivity index (χ1n) is 9.44. The molecule has 1 aliphatic heterocycles. The van der Waals surface area contributed by atoms with E-state index in [9.17, 15) is 9.18 Å². The van der Waals surface area contributed by atoms with Crippen molar-refractivity contribution in [2.24, 2.45) is 0 Å². The second-order valence-electron chi connectivity index (χ2n) is 7.10. The second-order valence-corrected chi connectivity index (χ2v) is 7.53. The number of hydrogen-bond donors (Lipinski definition) is 1. The lowest BCUT2D eigenvalue weighted by molar-refractivity contribution is -0.117. The van der Waals surface area contributed by atoms with Gasteiger partial charge in [0.25, 0.3) is 0 Å². The maximum Gasteiger partial charge on any atom is 0.238 e. The summed E-state index contributed by atoms with van der Waals surface area (Å²) >= 11 is 5.87. The van der Waals surface area contributed by atoms with E-state index >= 15 is 0 Å². The SMILES string of the molecule is O=C(CN1CCCC(c2nc(-c3cccc(F)c3)no2)C1)Nc1ccc(Cl)cc1. The van der Waals surface area contributed by atoms with Gasteiger partial charge < -0.3 is 9.84 Å². The Kier molecular flexibility index (Phi) is 5.87. The molecule has 1 N–H and O–H groups in total. The number of rotatable bonds is 5. The Morgan fingerprint density at radius 3 is 2.90 bits per heavy atom. The Morgan fingerprint density at radius 1 is 1.28 bits per heavy atom. The standard InChI is InChI=1S/C21H20ClFN4O2/c22-16-6-8-18(9-7-16)24-19(28)13-27-10-2-4-15(12-27)21-25-20(26-29-21)14-3-1-5-17(23)11-14/h1,3,5-9,11,15H,2,4,10,12-13H2,(H,24,28). The molecular formula is C21H20ClFN4O2. The monoisotopic (exact) mass is 414 g/mol. The molecule has 4 rings (SSSR count). The molecule has 3 aromatic rings. The summed E-state index contributed by atoms with van der Waals surface area (Å²) in [4.78, 5) is 18.9. The van der Waals surface area contributed by atoms with Crippen LogP contribution in [0, 0.1) is 5.82 Å². The Labute approximate surface area is 172 Å². The summed E-state index contributed by atoms with van der Waals surface area (Å²) in [5.41, 5.74) is 1.29. The maximum atomic E-state index is 13.4. The lowest BCUT2D eigenvalue weighted by Crippen LogP contribution is -2.39. The minimum Gasteiger partial charge on any atom is -0.339 e. The van der Waals surface area contributed by atoms with Gasteiger partial charge in [-0.3, -0.25) is 9.69 Å². The predicted molar refractivity (Wildman–Crippen MR) is 108 cm³/mol. The molecular weight excluding hydrogens is 395 g/mol. The van der Waals surface area contributed by atoms with Crippen LogP contribution in [0.3, 0.4) is 0 Å². The van der Waals surface area contributed by atoms with Crippen LogP contribution in [-0.2, 0) is 4.79 Å². The van der Waals surface area contributed by atoms with Crippen LogP contribution in [0.25, 0.3) is 11.4 Å². The van der Waals surface area contributed by atoms with Gasteiger partial charge in [-0.05, 0) is 55.8 Å². The molecule has 1 saturated heterocycles. The third-order valence-electron chi connectivity index (χ3n) is 4.87. The van der Waals surface area contributed by atoms with Crippen molar-refractivity contribution in [2.75, 3.05) is 25.0 Å². The minimum absolute atomic E-state index is 0.0434. The fourth-order valence-electron chi connectivity index (χ4n) is 3.48. The van der Waals surface area contributed by atoms with Gasteiger partial charge in [0, 0.05) is 22.8 Å². The first-order valence-corrected chi connectivity index (χ1v) is 9.82. The van der Waals surface area contributed by atoms with E-state index in [-0.39, 0.29) is 24.2 Å². The number of benzene rings is 2. The molecule has 0 radical (unpaired) electrons. The first-order chi connectivity index (χ1) is 14.1. The molecule has 2 heterocycles. The Bertz CT molecular complexity index is 992. The van der Waals surface area contributed by atoms with Crippen molar-refractivity contribution in [3.05, 3.63) is 65.3 Å². The normalized spacial score (nSPS) is 17.2. The number of nitrogens with zero attached hydrogens (tertiary/aromatic N) is 3. The summed E-state index contributed by atoms with van der Waals surface area (Å²) in [5.74, 6) is 0.509. The van der Waals surface area contributed by atoms with Gasteiger partial charge in [0.05, 0.1) is 12.5 Å². The zero-order chi connectivity index (χ0) is 20.2. The average Bonchev–Trinajstić information content (AvgIpc) is 3.20. The largest absolute Gasteiger partial charge is 0.339 e. The zero-order valence-electron chi connectivity index (χ0n) is 15.6. The molecule has 1 amide bonds. The highest BCUT2D eigenvalue weighted by molar-refractivity contribution is 6.30. The van der Waals surface area contributed by atoms with Gasteiger partial charge in [-0.25, -0.2) is 4.39 Å². The number of amides is 1. The molecule has 1 aromatic heterocycles. The summed E-state index contributed by atoms with van der Waals surface area (Å²) < 4.78 is 18.9. The average molecular weight is 415 g/mol. The van der Waals surface area contributed by atoms with Gasteiger partial charge >= 0.3 is 0 Å². The van der Waals surface area contributed by atoms with E-state index in [0.717, 1.165) is 19.4 Å². The highest BCUT2D eigenvalue weighted by Gasteiger charge is 2.27. The zero-order valence-corrected chi connectivity index (χ0v) is 16.4. The van der Waals surface area contributed by atoms with Crippen molar-refractivity contribution >= 4 is 23.2 Å². The first kappa shape index (κ1) is 19.5. The number of halogens is 2. The Morgan fingerprint density at radius 2 is 2.10 bits per heavy atom. The quantitative estimate of drug-likeness (QED) is 0.672. The molecule has 8 heteroatoms. The van der Waals surface area contributed by atoms with Crippen LogP contribution in [0.4, 0.5) is 10.1 Å². The van der Waals surface area contributed by atoms with Gasteiger partial charge in [-0.15, -0.1) is 0 Å². The molecule has 6 nitrogen and oxygen atoms in total. The van der Waals surface area contributed by atoms with Gasteiger partial charge in [0.1, 0.15) is 5.82 Å². The van der Waals surface area contributed by atoms with E-state index < -0.39 is 0 Å². The number of aromatic nitrogens is 2. The van der Waals surface area contributed by atoms with Crippen molar-refractivity contribution in [1.29, 1.82) is 0 Å². The molecule has 1 unspecified atom stereocenters. The summed E-state index contributed by atoms with van der Waals surface area (Å²) in [5, 5.41) is 7.49. The van der Waals surface area contributed by atoms with Crippen LogP contribution in [0.2, 0.25) is 5.02 Å². The molecule has 1 atom stereocenters. The van der Waals surface area contributed by atoms with Gasteiger partial charge in [0.2, 0.25) is 17.6 Å². The Hall–Kier alpha value is -2.77. The molecule has 0 spiro atoms. The Balaban J connectivity index is 1.37. The van der Waals surface area contributed by atoms with Crippen molar-refractivity contribution < 1.29 is 13.7 Å². The van der Waals surface area contributed by atoms with E-state index in [4.69, 9.17) is 16.1 Å². The topological polar surface area (TPSA) is 71.3 Å². The molecule has 0 saturated carbocycles. The van der Waals surface area contributed by atoms with E-state index in [2.05, 4.69) is 20.4 Å². The second kappa shape index (κ2) is 8.71. The van der Waals surface area contributed by atoms with E-state index in [1.165, 1.54) is 12.1 Å². The fourth-order valence-corrected chi connectivity index (χ4v) is 3.61. The predicted octanol–water partition coefficient (Wildman–Crippen LogP) is 4.35. The third-order valence-corrected chi connectivity index (χ3v) is 5.13. The third kappa shape index (κ3) is 4.99. The van der Waals surface area contributed by atoms with E-state index in [1.807, 2.05) is 0 Å². The minimum atomic E-state index is -0.343. The number of carbonyl (C=O) groups excluding carboxylic acids is 1. The van der Waals surface area contributed by atoms with Crippen LogP contribution in [-0.4, -0.2) is 40.6 Å². The van der Waals surface area contributed by atoms with Crippen LogP contribution in [0.15, 0.2) is 53.1 Å². The van der Waals surface area contributed by atoms with Gasteiger partial charge in [0.15, 0.2) is 0 Å².